The van der Waals surface area contributed by atoms with Crippen LogP contribution in [0.1, 0.15) is 47.3 Å². The van der Waals surface area contributed by atoms with E-state index in [-0.39, 0.29) is 22.6 Å². The van der Waals surface area contributed by atoms with Gasteiger partial charge >= 0.3 is 5.97 Å². The van der Waals surface area contributed by atoms with E-state index in [1.165, 1.54) is 23.7 Å². The first-order valence-electron chi connectivity index (χ1n) is 8.41. The van der Waals surface area contributed by atoms with Crippen molar-refractivity contribution in [3.63, 3.8) is 0 Å². The predicted octanol–water partition coefficient (Wildman–Crippen LogP) is 3.79. The number of carbonyl (C=O) groups is 1. The van der Waals surface area contributed by atoms with E-state index in [0.29, 0.717) is 24.0 Å². The highest BCUT2D eigenvalue weighted by molar-refractivity contribution is 5.96. The molecule has 0 spiro atoms. The Balaban J connectivity index is 0.00000109. The fourth-order valence-electron chi connectivity index (χ4n) is 3.10. The monoisotopic (exact) mass is 346 g/mol. The summed E-state index contributed by atoms with van der Waals surface area (Å²) in [6, 6.07) is 4.61. The summed E-state index contributed by atoms with van der Waals surface area (Å²) in [7, 11) is 1.50. The van der Waals surface area contributed by atoms with E-state index in [4.69, 9.17) is 0 Å². The van der Waals surface area contributed by atoms with Gasteiger partial charge in [0, 0.05) is 12.6 Å². The number of nitrogens with zero attached hydrogens (tertiary/aromatic N) is 1. The molecule has 0 fully saturated rings. The topological polar surface area (TPSA) is 71.3 Å². The summed E-state index contributed by atoms with van der Waals surface area (Å²) < 4.78 is 15.3. The van der Waals surface area contributed by atoms with Gasteiger partial charge in [0.1, 0.15) is 17.2 Å². The van der Waals surface area contributed by atoms with Gasteiger partial charge in [-0.05, 0) is 49.4 Å². The van der Waals surface area contributed by atoms with Crippen molar-refractivity contribution in [1.29, 1.82) is 0 Å². The van der Waals surface area contributed by atoms with Crippen molar-refractivity contribution in [3.05, 3.63) is 56.6 Å². The number of fused-ring (bicyclic) bond motifs is 1. The second-order valence-electron chi connectivity index (χ2n) is 5.81. The molecule has 25 heavy (non-hydrogen) atoms. The zero-order chi connectivity index (χ0) is 18.7. The van der Waals surface area contributed by atoms with Gasteiger partial charge in [0.05, 0.1) is 5.69 Å². The van der Waals surface area contributed by atoms with Crippen LogP contribution in [-0.2, 0) is 19.9 Å². The average molecular weight is 346 g/mol. The third-order valence-corrected chi connectivity index (χ3v) is 4.25. The Kier molecular flexibility index (Phi) is 5.62. The maximum absolute atomic E-state index is 14.1. The first-order chi connectivity index (χ1) is 11.9. The normalized spacial score (nSPS) is 12.2. The van der Waals surface area contributed by atoms with Crippen LogP contribution >= 0.6 is 0 Å². The van der Waals surface area contributed by atoms with E-state index in [0.717, 1.165) is 12.0 Å². The van der Waals surface area contributed by atoms with Crippen LogP contribution in [0, 0.1) is 12.7 Å². The predicted molar refractivity (Wildman–Crippen MR) is 96.4 cm³/mol. The van der Waals surface area contributed by atoms with Gasteiger partial charge < -0.3 is 10.4 Å². The number of benzene rings is 1. The number of rotatable bonds is 3. The number of halogens is 1. The van der Waals surface area contributed by atoms with Gasteiger partial charge in [0.15, 0.2) is 0 Å². The molecule has 0 aliphatic heterocycles. The molecule has 1 aliphatic carbocycles. The number of pyridine rings is 1. The van der Waals surface area contributed by atoms with Gasteiger partial charge in [-0.3, -0.25) is 9.36 Å². The lowest BCUT2D eigenvalue weighted by molar-refractivity contribution is 0.0696. The Bertz CT molecular complexity index is 872. The van der Waals surface area contributed by atoms with Crippen LogP contribution in [0.5, 0.6) is 0 Å². The summed E-state index contributed by atoms with van der Waals surface area (Å²) >= 11 is 0. The van der Waals surface area contributed by atoms with Crippen LogP contribution in [0.4, 0.5) is 15.9 Å². The second kappa shape index (κ2) is 7.51. The van der Waals surface area contributed by atoms with Gasteiger partial charge in [-0.2, -0.15) is 0 Å². The summed E-state index contributed by atoms with van der Waals surface area (Å²) in [6.07, 6.45) is 1.90. The van der Waals surface area contributed by atoms with Crippen LogP contribution in [0.25, 0.3) is 0 Å². The van der Waals surface area contributed by atoms with Gasteiger partial charge in [-0.15, -0.1) is 0 Å². The molecule has 0 saturated carbocycles. The summed E-state index contributed by atoms with van der Waals surface area (Å²) in [4.78, 5) is 24.1. The summed E-state index contributed by atoms with van der Waals surface area (Å²) in [5.41, 5.74) is 1.85. The van der Waals surface area contributed by atoms with E-state index in [1.54, 1.807) is 13.0 Å². The zero-order valence-electron chi connectivity index (χ0n) is 14.9. The number of hydrogen-bond acceptors (Lipinski definition) is 3. The largest absolute Gasteiger partial charge is 0.478 e. The Morgan fingerprint density at radius 2 is 1.88 bits per heavy atom. The van der Waals surface area contributed by atoms with Crippen molar-refractivity contribution in [2.75, 3.05) is 5.32 Å². The number of nitrogens with one attached hydrogen (secondary N) is 1. The molecular weight excluding hydrogens is 323 g/mol. The number of anilines is 2. The first-order valence-corrected chi connectivity index (χ1v) is 8.41. The summed E-state index contributed by atoms with van der Waals surface area (Å²) in [5, 5.41) is 12.4. The van der Waals surface area contributed by atoms with Crippen molar-refractivity contribution in [2.45, 2.75) is 40.0 Å². The van der Waals surface area contributed by atoms with Gasteiger partial charge in [0.2, 0.25) is 0 Å². The maximum atomic E-state index is 14.1. The van der Waals surface area contributed by atoms with Crippen LogP contribution in [0.15, 0.2) is 23.0 Å². The SMILES string of the molecule is CC.Cc1ccc(Nc2c(C(=O)O)c3c(c(=O)n2C)CCC3)c(F)c1. The third kappa shape index (κ3) is 3.43. The van der Waals surface area contributed by atoms with Crippen LogP contribution in [0.3, 0.4) is 0 Å². The van der Waals surface area contributed by atoms with Crippen molar-refractivity contribution >= 4 is 17.5 Å². The molecule has 0 unspecified atom stereocenters. The van der Waals surface area contributed by atoms with Crippen LogP contribution < -0.4 is 10.9 Å². The Morgan fingerprint density at radius 3 is 2.48 bits per heavy atom. The molecule has 2 N–H and O–H groups in total. The van der Waals surface area contributed by atoms with Crippen LogP contribution in [-0.4, -0.2) is 15.6 Å². The minimum Gasteiger partial charge on any atom is -0.478 e. The fourth-order valence-corrected chi connectivity index (χ4v) is 3.10. The van der Waals surface area contributed by atoms with Crippen LogP contribution in [0.2, 0.25) is 0 Å². The molecule has 5 nitrogen and oxygen atoms in total. The third-order valence-electron chi connectivity index (χ3n) is 4.25. The molecule has 3 rings (SSSR count). The number of aromatic carboxylic acids is 1. The number of aryl methyl sites for hydroxylation is 1. The van der Waals surface area contributed by atoms with E-state index in [9.17, 15) is 19.1 Å². The number of carboxylic acids is 1. The lowest BCUT2D eigenvalue weighted by Crippen LogP contribution is -2.27. The van der Waals surface area contributed by atoms with Crippen molar-refractivity contribution < 1.29 is 14.3 Å². The fraction of sp³-hybridized carbons (Fsp3) is 0.368. The van der Waals surface area contributed by atoms with Gasteiger partial charge in [-0.25, -0.2) is 9.18 Å². The molecule has 0 saturated heterocycles. The number of hydrogen-bond donors (Lipinski definition) is 2. The van der Waals surface area contributed by atoms with Gasteiger partial charge in [-0.1, -0.05) is 19.9 Å². The Hall–Kier alpha value is -2.63. The van der Waals surface area contributed by atoms with E-state index in [1.807, 2.05) is 13.8 Å². The smallest absolute Gasteiger partial charge is 0.339 e. The molecule has 2 aromatic rings. The highest BCUT2D eigenvalue weighted by Gasteiger charge is 2.27. The van der Waals surface area contributed by atoms with E-state index in [2.05, 4.69) is 5.32 Å². The number of aromatic nitrogens is 1. The lowest BCUT2D eigenvalue weighted by atomic mass is 10.0. The molecule has 134 valence electrons. The Labute approximate surface area is 146 Å². The molecule has 1 aliphatic rings. The molecular formula is C19H23FN2O3. The van der Waals surface area contributed by atoms with E-state index < -0.39 is 11.8 Å². The molecule has 1 heterocycles. The number of carboxylic acid groups (broad SMARTS) is 1. The zero-order valence-corrected chi connectivity index (χ0v) is 14.9. The van der Waals surface area contributed by atoms with Crippen molar-refractivity contribution in [1.82, 2.24) is 4.57 Å². The lowest BCUT2D eigenvalue weighted by Gasteiger charge is -2.18. The molecule has 1 aromatic heterocycles. The quantitative estimate of drug-likeness (QED) is 0.887. The molecule has 0 atom stereocenters. The molecule has 1 aromatic carbocycles. The Morgan fingerprint density at radius 1 is 1.24 bits per heavy atom. The van der Waals surface area contributed by atoms with Gasteiger partial charge in [0.25, 0.3) is 5.56 Å². The highest BCUT2D eigenvalue weighted by atomic mass is 19.1. The van der Waals surface area contributed by atoms with Crippen molar-refractivity contribution in [2.24, 2.45) is 7.05 Å². The minimum absolute atomic E-state index is 0.0552. The maximum Gasteiger partial charge on any atom is 0.339 e. The summed E-state index contributed by atoms with van der Waals surface area (Å²) in [6.45, 7) is 5.76. The summed E-state index contributed by atoms with van der Waals surface area (Å²) in [5.74, 6) is -1.49. The second-order valence-corrected chi connectivity index (χ2v) is 5.81. The molecule has 6 heteroatoms. The standard InChI is InChI=1S/C17H17FN2O3.C2H6/c1-9-6-7-13(12(18)8-9)19-15-14(17(22)23)10-4-3-5-11(10)16(21)20(15)2;1-2/h6-8,19H,3-5H2,1-2H3,(H,22,23);1-2H3. The van der Waals surface area contributed by atoms with Crippen molar-refractivity contribution in [3.8, 4) is 0 Å². The first kappa shape index (κ1) is 18.7. The average Bonchev–Trinajstić information content (AvgIpc) is 3.05. The minimum atomic E-state index is -1.12. The highest BCUT2D eigenvalue weighted by Crippen LogP contribution is 2.30. The van der Waals surface area contributed by atoms with E-state index >= 15 is 0 Å². The molecule has 0 amide bonds. The molecule has 0 radical (unpaired) electrons. The molecule has 0 bridgehead atoms.